The van der Waals surface area contributed by atoms with Crippen LogP contribution in [0.2, 0.25) is 0 Å². The van der Waals surface area contributed by atoms with Gasteiger partial charge >= 0.3 is 0 Å². The maximum atomic E-state index is 4.64. The third-order valence-corrected chi connectivity index (χ3v) is 4.99. The van der Waals surface area contributed by atoms with Crippen LogP contribution in [0.4, 0.5) is 0 Å². The van der Waals surface area contributed by atoms with Gasteiger partial charge in [-0.25, -0.2) is 9.67 Å². The van der Waals surface area contributed by atoms with Crippen LogP contribution in [-0.4, -0.2) is 29.4 Å². The van der Waals surface area contributed by atoms with Crippen molar-refractivity contribution in [2.24, 2.45) is 0 Å². The van der Waals surface area contributed by atoms with Crippen LogP contribution in [0.5, 0.6) is 0 Å². The van der Waals surface area contributed by atoms with Gasteiger partial charge in [0.2, 0.25) is 0 Å². The van der Waals surface area contributed by atoms with E-state index >= 15 is 0 Å². The summed E-state index contributed by atoms with van der Waals surface area (Å²) in [6, 6.07) is 18.4. The molecule has 0 saturated carbocycles. The normalized spacial score (nSPS) is 12.1. The van der Waals surface area contributed by atoms with Gasteiger partial charge < -0.3 is 0 Å². The fourth-order valence-electron chi connectivity index (χ4n) is 3.40. The number of hydrogen-bond acceptors (Lipinski definition) is 4. The highest BCUT2D eigenvalue weighted by Gasteiger charge is 2.17. The maximum Gasteiger partial charge on any atom is 0.175 e. The molecule has 2 aromatic carbocycles. The molecule has 0 spiro atoms. The number of fused-ring (bicyclic) bond motifs is 3. The van der Waals surface area contributed by atoms with Crippen molar-refractivity contribution in [2.45, 2.75) is 26.2 Å². The number of benzene rings is 2. The van der Waals surface area contributed by atoms with Crippen LogP contribution in [0.15, 0.2) is 67.1 Å². The first kappa shape index (κ1) is 16.6. The molecular formula is C22H20N6. The van der Waals surface area contributed by atoms with E-state index in [2.05, 4.69) is 65.3 Å². The molecule has 0 aliphatic carbocycles. The van der Waals surface area contributed by atoms with Gasteiger partial charge in [0, 0.05) is 5.56 Å². The Balaban J connectivity index is 1.63. The first-order valence-corrected chi connectivity index (χ1v) is 9.26. The van der Waals surface area contributed by atoms with Crippen molar-refractivity contribution in [3.8, 4) is 17.1 Å². The van der Waals surface area contributed by atoms with Gasteiger partial charge in [-0.2, -0.15) is 5.10 Å². The first-order chi connectivity index (χ1) is 13.5. The summed E-state index contributed by atoms with van der Waals surface area (Å²) < 4.78 is 3.74. The minimum absolute atomic E-state index is 0.116. The van der Waals surface area contributed by atoms with Crippen LogP contribution >= 0.6 is 0 Å². The summed E-state index contributed by atoms with van der Waals surface area (Å²) in [5, 5.41) is 14.2. The Bertz CT molecular complexity index is 1270. The smallest absolute Gasteiger partial charge is 0.175 e. The van der Waals surface area contributed by atoms with Gasteiger partial charge in [0.05, 0.1) is 17.3 Å². The van der Waals surface area contributed by atoms with Gasteiger partial charge in [0.15, 0.2) is 17.1 Å². The van der Waals surface area contributed by atoms with Crippen molar-refractivity contribution < 1.29 is 0 Å². The van der Waals surface area contributed by atoms with Crippen LogP contribution in [0.25, 0.3) is 33.8 Å². The van der Waals surface area contributed by atoms with Crippen molar-refractivity contribution in [3.05, 3.63) is 72.7 Å². The number of hydrogen-bond donors (Lipinski definition) is 0. The molecule has 0 aliphatic heterocycles. The SMILES string of the molecule is CC(C)(C)c1ccc(-c2nnc3c4cnn(-c5ccccc5)c4ncn23)cc1. The van der Waals surface area contributed by atoms with Crippen LogP contribution in [-0.2, 0) is 5.41 Å². The molecule has 0 amide bonds. The van der Waals surface area contributed by atoms with Crippen LogP contribution in [0.1, 0.15) is 26.3 Å². The van der Waals surface area contributed by atoms with Crippen molar-refractivity contribution >= 4 is 16.7 Å². The number of nitrogens with zero attached hydrogens (tertiary/aromatic N) is 6. The molecule has 0 aliphatic rings. The predicted octanol–water partition coefficient (Wildman–Crippen LogP) is 4.43. The molecule has 6 heteroatoms. The summed E-state index contributed by atoms with van der Waals surface area (Å²) in [4.78, 5) is 4.64. The van der Waals surface area contributed by atoms with Crippen LogP contribution in [0.3, 0.4) is 0 Å². The lowest BCUT2D eigenvalue weighted by atomic mass is 9.87. The van der Waals surface area contributed by atoms with E-state index in [4.69, 9.17) is 0 Å². The van der Waals surface area contributed by atoms with Crippen molar-refractivity contribution in [2.75, 3.05) is 0 Å². The zero-order chi connectivity index (χ0) is 19.3. The van der Waals surface area contributed by atoms with Gasteiger partial charge in [-0.1, -0.05) is 63.2 Å². The second-order valence-electron chi connectivity index (χ2n) is 7.92. The van der Waals surface area contributed by atoms with Gasteiger partial charge in [-0.05, 0) is 23.1 Å². The summed E-state index contributed by atoms with van der Waals surface area (Å²) in [5.74, 6) is 0.775. The summed E-state index contributed by atoms with van der Waals surface area (Å²) >= 11 is 0. The van der Waals surface area contributed by atoms with Crippen molar-refractivity contribution in [1.82, 2.24) is 29.4 Å². The summed E-state index contributed by atoms with van der Waals surface area (Å²) in [6.45, 7) is 6.62. The van der Waals surface area contributed by atoms with Crippen LogP contribution in [0, 0.1) is 0 Å². The van der Waals surface area contributed by atoms with E-state index < -0.39 is 0 Å². The van der Waals surface area contributed by atoms with Gasteiger partial charge in [-0.15, -0.1) is 10.2 Å². The largest absolute Gasteiger partial charge is 0.265 e. The molecule has 5 aromatic rings. The fraction of sp³-hybridized carbons (Fsp3) is 0.182. The fourth-order valence-corrected chi connectivity index (χ4v) is 3.40. The molecule has 0 radical (unpaired) electrons. The lowest BCUT2D eigenvalue weighted by Crippen LogP contribution is -2.10. The molecule has 3 heterocycles. The summed E-state index contributed by atoms with van der Waals surface area (Å²) in [7, 11) is 0. The molecule has 3 aromatic heterocycles. The van der Waals surface area contributed by atoms with E-state index in [9.17, 15) is 0 Å². The topological polar surface area (TPSA) is 60.9 Å². The number of aromatic nitrogens is 6. The van der Waals surface area contributed by atoms with E-state index in [0.29, 0.717) is 0 Å². The molecule has 138 valence electrons. The molecule has 6 nitrogen and oxygen atoms in total. The lowest BCUT2D eigenvalue weighted by molar-refractivity contribution is 0.590. The predicted molar refractivity (Wildman–Crippen MR) is 110 cm³/mol. The number of para-hydroxylation sites is 1. The van der Waals surface area contributed by atoms with E-state index in [-0.39, 0.29) is 5.41 Å². The summed E-state index contributed by atoms with van der Waals surface area (Å²) in [6.07, 6.45) is 3.57. The van der Waals surface area contributed by atoms with Crippen molar-refractivity contribution in [3.63, 3.8) is 0 Å². The highest BCUT2D eigenvalue weighted by atomic mass is 15.3. The number of rotatable bonds is 2. The highest BCUT2D eigenvalue weighted by molar-refractivity contribution is 5.90. The van der Waals surface area contributed by atoms with E-state index in [1.165, 1.54) is 5.56 Å². The molecule has 0 atom stereocenters. The molecule has 0 unspecified atom stereocenters. The molecule has 0 N–H and O–H groups in total. The maximum absolute atomic E-state index is 4.64. The zero-order valence-corrected chi connectivity index (χ0v) is 16.0. The van der Waals surface area contributed by atoms with E-state index in [0.717, 1.165) is 33.8 Å². The molecule has 0 bridgehead atoms. The molecule has 0 fully saturated rings. The van der Waals surface area contributed by atoms with Gasteiger partial charge in [0.25, 0.3) is 0 Å². The average Bonchev–Trinajstić information content (AvgIpc) is 3.32. The zero-order valence-electron chi connectivity index (χ0n) is 16.0. The van der Waals surface area contributed by atoms with Crippen LogP contribution < -0.4 is 0 Å². The van der Waals surface area contributed by atoms with Crippen molar-refractivity contribution in [1.29, 1.82) is 0 Å². The van der Waals surface area contributed by atoms with Gasteiger partial charge in [0.1, 0.15) is 6.33 Å². The minimum atomic E-state index is 0.116. The Kier molecular flexibility index (Phi) is 3.55. The third kappa shape index (κ3) is 2.57. The van der Waals surface area contributed by atoms with E-state index in [1.807, 2.05) is 39.4 Å². The minimum Gasteiger partial charge on any atom is -0.265 e. The Morgan fingerprint density at radius 2 is 1.57 bits per heavy atom. The van der Waals surface area contributed by atoms with Gasteiger partial charge in [-0.3, -0.25) is 4.40 Å². The quantitative estimate of drug-likeness (QED) is 0.462. The monoisotopic (exact) mass is 368 g/mol. The Morgan fingerprint density at radius 3 is 2.29 bits per heavy atom. The lowest BCUT2D eigenvalue weighted by Gasteiger charge is -2.18. The Morgan fingerprint density at radius 1 is 0.821 bits per heavy atom. The third-order valence-electron chi connectivity index (χ3n) is 4.99. The second kappa shape index (κ2) is 5.99. The molecule has 0 saturated heterocycles. The average molecular weight is 368 g/mol. The first-order valence-electron chi connectivity index (χ1n) is 9.26. The van der Waals surface area contributed by atoms with E-state index in [1.54, 1.807) is 12.5 Å². The summed E-state index contributed by atoms with van der Waals surface area (Å²) in [5.41, 5.74) is 4.90. The molecule has 5 rings (SSSR count). The molecule has 28 heavy (non-hydrogen) atoms. The standard InChI is InChI=1S/C22H20N6/c1-22(2,3)16-11-9-15(10-12-16)19-25-26-21-18-13-24-28(17-7-5-4-6-8-17)20(18)23-14-27(19)21/h4-14H,1-3H3. The Hall–Kier alpha value is -3.54. The second-order valence-corrected chi connectivity index (χ2v) is 7.92. The Labute approximate surface area is 162 Å². The molecular weight excluding hydrogens is 348 g/mol. The highest BCUT2D eigenvalue weighted by Crippen LogP contribution is 2.27.